The highest BCUT2D eigenvalue weighted by molar-refractivity contribution is 6.30. The summed E-state index contributed by atoms with van der Waals surface area (Å²) < 4.78 is 1.73. The van der Waals surface area contributed by atoms with Crippen molar-refractivity contribution in [2.24, 2.45) is 7.05 Å². The molecule has 2 atom stereocenters. The number of rotatable bonds is 4. The molecule has 1 N–H and O–H groups in total. The maximum absolute atomic E-state index is 10.5. The van der Waals surface area contributed by atoms with Crippen molar-refractivity contribution >= 4 is 11.6 Å². The van der Waals surface area contributed by atoms with E-state index in [2.05, 4.69) is 10.00 Å². The van der Waals surface area contributed by atoms with Crippen LogP contribution in [-0.2, 0) is 7.05 Å². The number of nitrogens with zero attached hydrogens (tertiary/aromatic N) is 3. The molecule has 22 heavy (non-hydrogen) atoms. The minimum absolute atomic E-state index is 0.250. The molecular weight excluding hydrogens is 298 g/mol. The molecule has 0 spiro atoms. The summed E-state index contributed by atoms with van der Waals surface area (Å²) in [5.41, 5.74) is 3.06. The minimum Gasteiger partial charge on any atom is -0.387 e. The predicted octanol–water partition coefficient (Wildman–Crippen LogP) is 3.25. The van der Waals surface area contributed by atoms with Gasteiger partial charge in [-0.25, -0.2) is 0 Å². The van der Waals surface area contributed by atoms with Crippen LogP contribution >= 0.6 is 11.6 Å². The second-order valence-electron chi connectivity index (χ2n) is 5.99. The number of halogens is 1. The van der Waals surface area contributed by atoms with Gasteiger partial charge in [0.1, 0.15) is 5.15 Å². The van der Waals surface area contributed by atoms with E-state index in [0.29, 0.717) is 11.7 Å². The van der Waals surface area contributed by atoms with Crippen LogP contribution in [0.25, 0.3) is 0 Å². The van der Waals surface area contributed by atoms with Crippen molar-refractivity contribution in [1.29, 1.82) is 0 Å². The van der Waals surface area contributed by atoms with Gasteiger partial charge in [-0.1, -0.05) is 41.9 Å². The average Bonchev–Trinajstić information content (AvgIpc) is 3.05. The number of likely N-dealkylation sites (tertiary alicyclic amines) is 1. The molecule has 3 rings (SSSR count). The Morgan fingerprint density at radius 1 is 1.36 bits per heavy atom. The third-order valence-electron chi connectivity index (χ3n) is 4.48. The largest absolute Gasteiger partial charge is 0.387 e. The van der Waals surface area contributed by atoms with Crippen molar-refractivity contribution in [3.8, 4) is 0 Å². The minimum atomic E-state index is -0.474. The first-order valence-electron chi connectivity index (χ1n) is 7.74. The Bertz CT molecular complexity index is 641. The van der Waals surface area contributed by atoms with E-state index in [-0.39, 0.29) is 6.04 Å². The summed E-state index contributed by atoms with van der Waals surface area (Å²) in [5.74, 6) is 0. The van der Waals surface area contributed by atoms with Crippen LogP contribution in [0.4, 0.5) is 0 Å². The zero-order valence-corrected chi connectivity index (χ0v) is 13.8. The molecule has 1 saturated heterocycles. The van der Waals surface area contributed by atoms with Gasteiger partial charge in [-0.05, 0) is 31.9 Å². The summed E-state index contributed by atoms with van der Waals surface area (Å²) in [6, 6.07) is 10.1. The summed E-state index contributed by atoms with van der Waals surface area (Å²) in [6.45, 7) is 3.61. The summed E-state index contributed by atoms with van der Waals surface area (Å²) in [7, 11) is 1.87. The van der Waals surface area contributed by atoms with Crippen LogP contribution in [0.1, 0.15) is 41.8 Å². The first kappa shape index (κ1) is 15.5. The lowest BCUT2D eigenvalue weighted by molar-refractivity contribution is 0.106. The van der Waals surface area contributed by atoms with Gasteiger partial charge in [-0.15, -0.1) is 0 Å². The Morgan fingerprint density at radius 3 is 2.73 bits per heavy atom. The molecule has 5 heteroatoms. The molecule has 1 aliphatic rings. The third-order valence-corrected chi connectivity index (χ3v) is 4.93. The molecule has 1 aromatic heterocycles. The lowest BCUT2D eigenvalue weighted by Crippen LogP contribution is -2.28. The van der Waals surface area contributed by atoms with Crippen LogP contribution in [0.15, 0.2) is 30.3 Å². The van der Waals surface area contributed by atoms with Crippen LogP contribution in [0.3, 0.4) is 0 Å². The maximum atomic E-state index is 10.5. The Morgan fingerprint density at radius 2 is 2.09 bits per heavy atom. The Balaban J connectivity index is 1.79. The Kier molecular flexibility index (Phi) is 4.52. The topological polar surface area (TPSA) is 41.3 Å². The summed E-state index contributed by atoms with van der Waals surface area (Å²) in [6.07, 6.45) is 1.71. The van der Waals surface area contributed by atoms with Gasteiger partial charge >= 0.3 is 0 Å². The molecule has 0 saturated carbocycles. The number of aliphatic hydroxyl groups is 1. The van der Waals surface area contributed by atoms with Crippen LogP contribution in [0.5, 0.6) is 0 Å². The predicted molar refractivity (Wildman–Crippen MR) is 87.9 cm³/mol. The molecule has 118 valence electrons. The molecule has 4 nitrogen and oxygen atoms in total. The number of hydrogen-bond acceptors (Lipinski definition) is 3. The first-order valence-corrected chi connectivity index (χ1v) is 8.11. The highest BCUT2D eigenvalue weighted by Crippen LogP contribution is 2.38. The number of aryl methyl sites for hydroxylation is 2. The number of aliphatic hydroxyl groups excluding tert-OH is 1. The van der Waals surface area contributed by atoms with Crippen molar-refractivity contribution in [3.63, 3.8) is 0 Å². The van der Waals surface area contributed by atoms with E-state index in [1.165, 1.54) is 0 Å². The number of hydrogen-bond donors (Lipinski definition) is 1. The van der Waals surface area contributed by atoms with Gasteiger partial charge in [0.2, 0.25) is 0 Å². The molecule has 0 amide bonds. The maximum Gasteiger partial charge on any atom is 0.131 e. The average molecular weight is 320 g/mol. The van der Waals surface area contributed by atoms with Crippen molar-refractivity contribution < 1.29 is 5.11 Å². The van der Waals surface area contributed by atoms with Crippen molar-refractivity contribution in [3.05, 3.63) is 52.3 Å². The monoisotopic (exact) mass is 319 g/mol. The van der Waals surface area contributed by atoms with Crippen LogP contribution in [0, 0.1) is 6.92 Å². The lowest BCUT2D eigenvalue weighted by atomic mass is 10.0. The van der Waals surface area contributed by atoms with Crippen molar-refractivity contribution in [2.75, 3.05) is 13.1 Å². The highest BCUT2D eigenvalue weighted by atomic mass is 35.5. The second-order valence-corrected chi connectivity index (χ2v) is 6.35. The zero-order valence-electron chi connectivity index (χ0n) is 13.0. The van der Waals surface area contributed by atoms with E-state index < -0.39 is 6.10 Å². The third kappa shape index (κ3) is 2.91. The fourth-order valence-electron chi connectivity index (χ4n) is 3.40. The van der Waals surface area contributed by atoms with Crippen LogP contribution < -0.4 is 0 Å². The lowest BCUT2D eigenvalue weighted by Gasteiger charge is -2.27. The Labute approximate surface area is 136 Å². The molecule has 0 aliphatic carbocycles. The molecule has 2 heterocycles. The van der Waals surface area contributed by atoms with Gasteiger partial charge in [0.05, 0.1) is 11.8 Å². The molecule has 2 aromatic rings. The van der Waals surface area contributed by atoms with Crippen LogP contribution in [-0.4, -0.2) is 32.9 Å². The first-order chi connectivity index (χ1) is 10.6. The van der Waals surface area contributed by atoms with E-state index >= 15 is 0 Å². The van der Waals surface area contributed by atoms with Gasteiger partial charge in [0.15, 0.2) is 0 Å². The zero-order chi connectivity index (χ0) is 15.7. The molecule has 0 radical (unpaired) electrons. The molecule has 1 aromatic carbocycles. The molecule has 2 unspecified atom stereocenters. The van der Waals surface area contributed by atoms with Gasteiger partial charge in [0.25, 0.3) is 0 Å². The van der Waals surface area contributed by atoms with Crippen molar-refractivity contribution in [2.45, 2.75) is 31.9 Å². The van der Waals surface area contributed by atoms with E-state index in [4.69, 9.17) is 11.6 Å². The summed E-state index contributed by atoms with van der Waals surface area (Å²) in [5, 5.41) is 15.6. The normalized spacial score (nSPS) is 20.5. The molecular formula is C17H22ClN3O. The van der Waals surface area contributed by atoms with E-state index in [0.717, 1.165) is 36.2 Å². The SMILES string of the molecule is Cc1nn(C)c(Cl)c1C1CCCN1CC(O)c1ccccc1. The quantitative estimate of drug-likeness (QED) is 0.940. The van der Waals surface area contributed by atoms with E-state index in [1.807, 2.05) is 44.3 Å². The summed E-state index contributed by atoms with van der Waals surface area (Å²) >= 11 is 6.42. The Hall–Kier alpha value is -1.36. The smallest absolute Gasteiger partial charge is 0.131 e. The number of aromatic nitrogens is 2. The van der Waals surface area contributed by atoms with Gasteiger partial charge < -0.3 is 5.11 Å². The molecule has 1 fully saturated rings. The second kappa shape index (κ2) is 6.41. The van der Waals surface area contributed by atoms with Crippen LogP contribution in [0.2, 0.25) is 5.15 Å². The molecule has 1 aliphatic heterocycles. The van der Waals surface area contributed by atoms with Gasteiger partial charge in [-0.3, -0.25) is 9.58 Å². The van der Waals surface area contributed by atoms with Crippen molar-refractivity contribution in [1.82, 2.24) is 14.7 Å². The van der Waals surface area contributed by atoms with E-state index in [1.54, 1.807) is 4.68 Å². The standard InChI is InChI=1S/C17H22ClN3O/c1-12-16(17(18)20(2)19-12)14-9-6-10-21(14)11-15(22)13-7-4-3-5-8-13/h3-5,7-8,14-15,22H,6,9-11H2,1-2H3. The van der Waals surface area contributed by atoms with E-state index in [9.17, 15) is 5.11 Å². The van der Waals surface area contributed by atoms with Gasteiger partial charge in [0, 0.05) is 25.2 Å². The highest BCUT2D eigenvalue weighted by Gasteiger charge is 2.32. The fourth-order valence-corrected chi connectivity index (χ4v) is 3.70. The number of β-amino-alcohol motifs (C(OH)–C–C–N with tert-alkyl or cyclic N) is 1. The fraction of sp³-hybridized carbons (Fsp3) is 0.471. The number of benzene rings is 1. The van der Waals surface area contributed by atoms with Gasteiger partial charge in [-0.2, -0.15) is 5.10 Å². The summed E-state index contributed by atoms with van der Waals surface area (Å²) in [4.78, 5) is 2.33. The molecule has 0 bridgehead atoms.